The molecule has 0 aliphatic carbocycles. The highest BCUT2D eigenvalue weighted by molar-refractivity contribution is 6.21. The Morgan fingerprint density at radius 1 is 0.447 bits per heavy atom. The Kier molecular flexibility index (Phi) is 6.46. The summed E-state index contributed by atoms with van der Waals surface area (Å²) < 4.78 is 2.30. The summed E-state index contributed by atoms with van der Waals surface area (Å²) in [5, 5.41) is 7.51. The molecule has 0 fully saturated rings. The van der Waals surface area contributed by atoms with Crippen LogP contribution < -0.4 is 0 Å². The van der Waals surface area contributed by atoms with Crippen LogP contribution in [-0.4, -0.2) is 9.55 Å². The molecule has 8 aromatic carbocycles. The topological polar surface area (TPSA) is 17.8 Å². The van der Waals surface area contributed by atoms with Crippen LogP contribution in [0.1, 0.15) is 12.7 Å². The van der Waals surface area contributed by atoms with Crippen LogP contribution in [0, 0.1) is 0 Å². The predicted octanol–water partition coefficient (Wildman–Crippen LogP) is 12.0. The summed E-state index contributed by atoms with van der Waals surface area (Å²) in [6.07, 6.45) is 0.874. The maximum absolute atomic E-state index is 4.91. The zero-order valence-electron chi connectivity index (χ0n) is 26.2. The Hall–Kier alpha value is -5.99. The molecule has 0 radical (unpaired) electrons. The molecule has 0 aliphatic heterocycles. The Morgan fingerprint density at radius 3 is 1.64 bits per heavy atom. The first-order chi connectivity index (χ1) is 23.3. The van der Waals surface area contributed by atoms with E-state index in [9.17, 15) is 0 Å². The molecule has 0 bridgehead atoms. The van der Waals surface area contributed by atoms with Crippen LogP contribution in [0.15, 0.2) is 164 Å². The normalized spacial score (nSPS) is 11.6. The summed E-state index contributed by atoms with van der Waals surface area (Å²) in [6.45, 7) is 2.17. The number of imidazole rings is 1. The highest BCUT2D eigenvalue weighted by Crippen LogP contribution is 2.44. The standard InChI is InChI=1S/C45H32N2/c1-2-43-46-41-18-10-11-19-42(41)47(43)36-27-26-33-28-35(25-24-34(33)29-36)45-39-16-8-6-14-37(39)44(38-15-7-9-17-40(38)45)32-22-20-31(21-23-32)30-12-4-3-5-13-30/h3-29H,2H2,1H3. The van der Waals surface area contributed by atoms with E-state index in [0.717, 1.165) is 29.0 Å². The third kappa shape index (κ3) is 4.53. The molecular formula is C45H32N2. The number of hydrogen-bond acceptors (Lipinski definition) is 1. The van der Waals surface area contributed by atoms with Gasteiger partial charge in [0.2, 0.25) is 0 Å². The van der Waals surface area contributed by atoms with Crippen LogP contribution in [0.2, 0.25) is 0 Å². The molecular weight excluding hydrogens is 569 g/mol. The van der Waals surface area contributed by atoms with Crippen LogP contribution in [0.5, 0.6) is 0 Å². The molecule has 0 saturated heterocycles. The van der Waals surface area contributed by atoms with Crippen LogP contribution >= 0.6 is 0 Å². The lowest BCUT2D eigenvalue weighted by Gasteiger charge is -2.18. The van der Waals surface area contributed by atoms with Crippen molar-refractivity contribution in [3.05, 3.63) is 170 Å². The Labute approximate surface area is 274 Å². The van der Waals surface area contributed by atoms with Gasteiger partial charge in [0.05, 0.1) is 11.0 Å². The van der Waals surface area contributed by atoms with E-state index in [2.05, 4.69) is 175 Å². The average Bonchev–Trinajstić information content (AvgIpc) is 3.53. The van der Waals surface area contributed by atoms with Crippen LogP contribution in [0.3, 0.4) is 0 Å². The van der Waals surface area contributed by atoms with Gasteiger partial charge in [-0.25, -0.2) is 4.98 Å². The number of nitrogens with zero attached hydrogens (tertiary/aromatic N) is 2. The fourth-order valence-electron chi connectivity index (χ4n) is 7.34. The van der Waals surface area contributed by atoms with E-state index in [1.807, 2.05) is 0 Å². The lowest BCUT2D eigenvalue weighted by Crippen LogP contribution is -2.00. The van der Waals surface area contributed by atoms with Crippen molar-refractivity contribution in [2.75, 3.05) is 0 Å². The first-order valence-electron chi connectivity index (χ1n) is 16.4. The summed E-state index contributed by atoms with van der Waals surface area (Å²) in [5.41, 5.74) is 10.8. The van der Waals surface area contributed by atoms with Crippen LogP contribution in [-0.2, 0) is 6.42 Å². The zero-order chi connectivity index (χ0) is 31.3. The number of rotatable bonds is 5. The predicted molar refractivity (Wildman–Crippen MR) is 199 cm³/mol. The fraction of sp³-hybridized carbons (Fsp3) is 0.0444. The summed E-state index contributed by atoms with van der Waals surface area (Å²) in [7, 11) is 0. The second-order valence-corrected chi connectivity index (χ2v) is 12.2. The Balaban J connectivity index is 1.20. The molecule has 2 nitrogen and oxygen atoms in total. The van der Waals surface area contributed by atoms with Crippen molar-refractivity contribution in [3.8, 4) is 39.1 Å². The summed E-state index contributed by atoms with van der Waals surface area (Å²) >= 11 is 0. The van der Waals surface area contributed by atoms with E-state index in [4.69, 9.17) is 4.98 Å². The van der Waals surface area contributed by atoms with Crippen LogP contribution in [0.25, 0.3) is 82.4 Å². The Bertz CT molecular complexity index is 2540. The number of fused-ring (bicyclic) bond motifs is 4. The average molecular weight is 601 g/mol. The monoisotopic (exact) mass is 600 g/mol. The SMILES string of the molecule is CCc1nc2ccccc2n1-c1ccc2cc(-c3c4ccccc4c(-c4ccc(-c5ccccc5)cc4)c4ccccc34)ccc2c1. The molecule has 9 rings (SSSR count). The Morgan fingerprint density at radius 2 is 0.957 bits per heavy atom. The van der Waals surface area contributed by atoms with E-state index >= 15 is 0 Å². The number of hydrogen-bond donors (Lipinski definition) is 0. The smallest absolute Gasteiger partial charge is 0.114 e. The van der Waals surface area contributed by atoms with Gasteiger partial charge in [-0.3, -0.25) is 4.57 Å². The molecule has 9 aromatic rings. The minimum Gasteiger partial charge on any atom is -0.296 e. The zero-order valence-corrected chi connectivity index (χ0v) is 26.2. The van der Waals surface area contributed by atoms with Gasteiger partial charge in [0.1, 0.15) is 5.82 Å². The second-order valence-electron chi connectivity index (χ2n) is 12.2. The van der Waals surface area contributed by atoms with Gasteiger partial charge < -0.3 is 0 Å². The summed E-state index contributed by atoms with van der Waals surface area (Å²) in [5.74, 6) is 1.08. The lowest BCUT2D eigenvalue weighted by molar-refractivity contribution is 0.909. The molecule has 47 heavy (non-hydrogen) atoms. The largest absolute Gasteiger partial charge is 0.296 e. The number of para-hydroxylation sites is 2. The molecule has 0 aliphatic rings. The van der Waals surface area contributed by atoms with Crippen molar-refractivity contribution in [1.82, 2.24) is 9.55 Å². The van der Waals surface area contributed by atoms with Gasteiger partial charge >= 0.3 is 0 Å². The molecule has 222 valence electrons. The molecule has 0 amide bonds. The molecule has 0 unspecified atom stereocenters. The quantitative estimate of drug-likeness (QED) is 0.180. The van der Waals surface area contributed by atoms with Gasteiger partial charge in [-0.1, -0.05) is 140 Å². The maximum Gasteiger partial charge on any atom is 0.114 e. The molecule has 0 atom stereocenters. The van der Waals surface area contributed by atoms with Crippen molar-refractivity contribution in [3.63, 3.8) is 0 Å². The van der Waals surface area contributed by atoms with Crippen molar-refractivity contribution >= 4 is 43.4 Å². The van der Waals surface area contributed by atoms with Gasteiger partial charge in [-0.2, -0.15) is 0 Å². The van der Waals surface area contributed by atoms with E-state index in [1.165, 1.54) is 65.7 Å². The van der Waals surface area contributed by atoms with Gasteiger partial charge in [0, 0.05) is 12.1 Å². The molecule has 1 aromatic heterocycles. The molecule has 1 heterocycles. The van der Waals surface area contributed by atoms with E-state index in [1.54, 1.807) is 0 Å². The fourth-order valence-corrected chi connectivity index (χ4v) is 7.34. The van der Waals surface area contributed by atoms with Crippen molar-refractivity contribution in [2.24, 2.45) is 0 Å². The van der Waals surface area contributed by atoms with Crippen LogP contribution in [0.4, 0.5) is 0 Å². The van der Waals surface area contributed by atoms with Gasteiger partial charge in [-0.05, 0) is 96.0 Å². The number of aryl methyl sites for hydroxylation is 1. The third-order valence-electron chi connectivity index (χ3n) is 9.53. The first-order valence-corrected chi connectivity index (χ1v) is 16.4. The minimum absolute atomic E-state index is 0.874. The molecule has 0 spiro atoms. The molecule has 0 saturated carbocycles. The minimum atomic E-state index is 0.874. The van der Waals surface area contributed by atoms with E-state index < -0.39 is 0 Å². The highest BCUT2D eigenvalue weighted by atomic mass is 15.1. The summed E-state index contributed by atoms with van der Waals surface area (Å²) in [6, 6.07) is 59.5. The first kappa shape index (κ1) is 27.3. The van der Waals surface area contributed by atoms with Gasteiger partial charge in [0.25, 0.3) is 0 Å². The third-order valence-corrected chi connectivity index (χ3v) is 9.53. The van der Waals surface area contributed by atoms with E-state index in [-0.39, 0.29) is 0 Å². The van der Waals surface area contributed by atoms with Crippen molar-refractivity contribution in [2.45, 2.75) is 13.3 Å². The second kappa shape index (κ2) is 11.1. The summed E-state index contributed by atoms with van der Waals surface area (Å²) in [4.78, 5) is 4.91. The molecule has 0 N–H and O–H groups in total. The lowest BCUT2D eigenvalue weighted by atomic mass is 9.85. The maximum atomic E-state index is 4.91. The van der Waals surface area contributed by atoms with Crippen molar-refractivity contribution < 1.29 is 0 Å². The highest BCUT2D eigenvalue weighted by Gasteiger charge is 2.17. The van der Waals surface area contributed by atoms with Crippen molar-refractivity contribution in [1.29, 1.82) is 0 Å². The number of benzene rings is 8. The van der Waals surface area contributed by atoms with E-state index in [0.29, 0.717) is 0 Å². The van der Waals surface area contributed by atoms with Gasteiger partial charge in [-0.15, -0.1) is 0 Å². The number of aromatic nitrogens is 2. The molecule has 2 heteroatoms. The van der Waals surface area contributed by atoms with Gasteiger partial charge in [0.15, 0.2) is 0 Å².